The molecule has 1 aliphatic rings. The van der Waals surface area contributed by atoms with Crippen molar-refractivity contribution < 1.29 is 14.9 Å². The van der Waals surface area contributed by atoms with E-state index in [2.05, 4.69) is 19.2 Å². The summed E-state index contributed by atoms with van der Waals surface area (Å²) in [5.74, 6) is 0.826. The molecule has 0 radical (unpaired) electrons. The fourth-order valence-electron chi connectivity index (χ4n) is 2.80. The first-order valence-corrected chi connectivity index (χ1v) is 7.09. The fraction of sp³-hybridized carbons (Fsp3) is 0.600. The van der Waals surface area contributed by atoms with Crippen molar-refractivity contribution in [2.45, 2.75) is 32.1 Å². The molecule has 3 atom stereocenters. The third-order valence-corrected chi connectivity index (χ3v) is 3.81. The van der Waals surface area contributed by atoms with Crippen molar-refractivity contribution in [2.24, 2.45) is 0 Å². The summed E-state index contributed by atoms with van der Waals surface area (Å²) in [5.41, 5.74) is 2.08. The predicted octanol–water partition coefficient (Wildman–Crippen LogP) is 0.907. The van der Waals surface area contributed by atoms with E-state index in [1.54, 1.807) is 7.11 Å². The number of methoxy groups -OCH3 is 1. The molecule has 0 aliphatic carbocycles. The van der Waals surface area contributed by atoms with Crippen LogP contribution in [0.3, 0.4) is 0 Å². The molecule has 1 heterocycles. The van der Waals surface area contributed by atoms with Crippen LogP contribution in [0.15, 0.2) is 18.2 Å². The summed E-state index contributed by atoms with van der Waals surface area (Å²) < 4.78 is 5.48. The van der Waals surface area contributed by atoms with Crippen molar-refractivity contribution in [1.29, 1.82) is 0 Å². The summed E-state index contributed by atoms with van der Waals surface area (Å²) in [6.07, 6.45) is -1.38. The van der Waals surface area contributed by atoms with E-state index >= 15 is 0 Å². The van der Waals surface area contributed by atoms with Crippen LogP contribution in [-0.2, 0) is 0 Å². The van der Waals surface area contributed by atoms with Crippen LogP contribution in [0.5, 0.6) is 5.75 Å². The molecule has 0 spiro atoms. The van der Waals surface area contributed by atoms with Gasteiger partial charge in [-0.2, -0.15) is 0 Å². The van der Waals surface area contributed by atoms with Gasteiger partial charge in [0.25, 0.3) is 0 Å². The Labute approximate surface area is 120 Å². The van der Waals surface area contributed by atoms with Gasteiger partial charge < -0.3 is 25.2 Å². The highest BCUT2D eigenvalue weighted by molar-refractivity contribution is 5.61. The van der Waals surface area contributed by atoms with Gasteiger partial charge in [-0.3, -0.25) is 0 Å². The average molecular weight is 280 g/mol. The zero-order chi connectivity index (χ0) is 14.7. The number of nitrogens with one attached hydrogen (secondary N) is 1. The highest BCUT2D eigenvalue weighted by Crippen LogP contribution is 2.36. The molecule has 1 aromatic rings. The second kappa shape index (κ2) is 6.43. The Hall–Kier alpha value is -1.30. The molecular weight excluding hydrogens is 256 g/mol. The Balaban J connectivity index is 2.37. The Bertz CT molecular complexity index is 443. The van der Waals surface area contributed by atoms with Crippen LogP contribution in [0.4, 0.5) is 5.69 Å². The third-order valence-electron chi connectivity index (χ3n) is 3.81. The molecule has 0 saturated carbocycles. The largest absolute Gasteiger partial charge is 0.496 e. The van der Waals surface area contributed by atoms with E-state index in [4.69, 9.17) is 4.74 Å². The molecule has 0 bridgehead atoms. The van der Waals surface area contributed by atoms with Crippen LogP contribution in [0.25, 0.3) is 0 Å². The lowest BCUT2D eigenvalue weighted by Gasteiger charge is -2.26. The van der Waals surface area contributed by atoms with Crippen molar-refractivity contribution >= 4 is 5.69 Å². The number of aliphatic hydroxyl groups is 2. The molecule has 0 amide bonds. The first-order chi connectivity index (χ1) is 9.58. The van der Waals surface area contributed by atoms with Crippen molar-refractivity contribution in [3.8, 4) is 5.75 Å². The molecule has 0 aromatic heterocycles. The molecule has 1 aliphatic heterocycles. The molecule has 3 unspecified atom stereocenters. The van der Waals surface area contributed by atoms with Gasteiger partial charge in [-0.15, -0.1) is 0 Å². The Morgan fingerprint density at radius 2 is 2.00 bits per heavy atom. The Morgan fingerprint density at radius 3 is 2.55 bits per heavy atom. The van der Waals surface area contributed by atoms with E-state index in [0.29, 0.717) is 13.1 Å². The summed E-state index contributed by atoms with van der Waals surface area (Å²) in [5, 5.41) is 22.9. The van der Waals surface area contributed by atoms with Crippen molar-refractivity contribution in [2.75, 3.05) is 31.6 Å². The number of nitrogens with zero attached hydrogens (tertiary/aromatic N) is 1. The van der Waals surface area contributed by atoms with Crippen LogP contribution in [0.1, 0.15) is 25.5 Å². The minimum absolute atomic E-state index is 0.140. The van der Waals surface area contributed by atoms with Crippen molar-refractivity contribution in [3.63, 3.8) is 0 Å². The van der Waals surface area contributed by atoms with Crippen LogP contribution < -0.4 is 15.0 Å². The number of aliphatic hydroxyl groups excluding tert-OH is 2. The van der Waals surface area contributed by atoms with Gasteiger partial charge in [-0.05, 0) is 25.6 Å². The van der Waals surface area contributed by atoms with E-state index in [0.717, 1.165) is 23.5 Å². The number of hydrogen-bond donors (Lipinski definition) is 3. The van der Waals surface area contributed by atoms with E-state index < -0.39 is 12.2 Å². The molecule has 2 rings (SSSR count). The van der Waals surface area contributed by atoms with Crippen molar-refractivity contribution in [3.05, 3.63) is 23.8 Å². The molecule has 5 nitrogen and oxygen atoms in total. The minimum atomic E-state index is -0.691. The summed E-state index contributed by atoms with van der Waals surface area (Å²) >= 11 is 0. The lowest BCUT2D eigenvalue weighted by atomic mass is 10.0. The number of ether oxygens (including phenoxy) is 1. The quantitative estimate of drug-likeness (QED) is 0.748. The maximum Gasteiger partial charge on any atom is 0.125 e. The smallest absolute Gasteiger partial charge is 0.125 e. The molecule has 112 valence electrons. The second-order valence-corrected chi connectivity index (χ2v) is 5.21. The van der Waals surface area contributed by atoms with Crippen LogP contribution >= 0.6 is 0 Å². The lowest BCUT2D eigenvalue weighted by molar-refractivity contribution is 0.0572. The highest BCUT2D eigenvalue weighted by Gasteiger charge is 2.32. The average Bonchev–Trinajstić information content (AvgIpc) is 2.78. The predicted molar refractivity (Wildman–Crippen MR) is 79.3 cm³/mol. The van der Waals surface area contributed by atoms with Crippen LogP contribution in [-0.4, -0.2) is 49.2 Å². The van der Waals surface area contributed by atoms with E-state index in [9.17, 15) is 10.2 Å². The molecule has 3 N–H and O–H groups in total. The number of rotatable bonds is 5. The van der Waals surface area contributed by atoms with E-state index in [1.165, 1.54) is 0 Å². The molecule has 5 heteroatoms. The summed E-state index contributed by atoms with van der Waals surface area (Å²) in [7, 11) is 1.66. The van der Waals surface area contributed by atoms with E-state index in [1.807, 2.05) is 23.1 Å². The zero-order valence-electron chi connectivity index (χ0n) is 12.3. The molecule has 1 fully saturated rings. The number of β-amino-alcohol motifs (C(OH)–C–C–N with tert-alkyl or cyclic N) is 2. The molecular formula is C15H24N2O3. The topological polar surface area (TPSA) is 65.0 Å². The maximum atomic E-state index is 9.75. The monoisotopic (exact) mass is 280 g/mol. The van der Waals surface area contributed by atoms with Gasteiger partial charge in [0.05, 0.1) is 19.3 Å². The molecule has 20 heavy (non-hydrogen) atoms. The maximum absolute atomic E-state index is 9.75. The summed E-state index contributed by atoms with van der Waals surface area (Å²) in [6.45, 7) is 5.91. The zero-order valence-corrected chi connectivity index (χ0v) is 12.3. The van der Waals surface area contributed by atoms with Gasteiger partial charge in [-0.25, -0.2) is 0 Å². The first kappa shape index (κ1) is 15.1. The lowest BCUT2D eigenvalue weighted by Crippen LogP contribution is -2.26. The van der Waals surface area contributed by atoms with Gasteiger partial charge in [0.2, 0.25) is 0 Å². The standard InChI is InChI=1S/C15H24N2O3/c1-4-16-10(2)15-11(6-5-7-14(15)20-3)17-8-12(18)13(19)9-17/h5-7,10,12-13,16,18-19H,4,8-9H2,1-3H3. The fourth-order valence-corrected chi connectivity index (χ4v) is 2.80. The van der Waals surface area contributed by atoms with Gasteiger partial charge in [0, 0.05) is 30.4 Å². The Morgan fingerprint density at radius 1 is 1.35 bits per heavy atom. The summed E-state index contributed by atoms with van der Waals surface area (Å²) in [4.78, 5) is 2.01. The third kappa shape index (κ3) is 2.90. The Kier molecular flexibility index (Phi) is 4.86. The first-order valence-electron chi connectivity index (χ1n) is 7.09. The van der Waals surface area contributed by atoms with E-state index in [-0.39, 0.29) is 6.04 Å². The molecule has 1 saturated heterocycles. The van der Waals surface area contributed by atoms with Gasteiger partial charge in [-0.1, -0.05) is 13.0 Å². The molecule has 1 aromatic carbocycles. The number of hydrogen-bond acceptors (Lipinski definition) is 5. The number of benzene rings is 1. The summed E-state index contributed by atoms with van der Waals surface area (Å²) in [6, 6.07) is 6.03. The second-order valence-electron chi connectivity index (χ2n) is 5.21. The SMILES string of the molecule is CCNC(C)c1c(OC)cccc1N1CC(O)C(O)C1. The van der Waals surface area contributed by atoms with Crippen LogP contribution in [0, 0.1) is 0 Å². The van der Waals surface area contributed by atoms with Crippen LogP contribution in [0.2, 0.25) is 0 Å². The van der Waals surface area contributed by atoms with Crippen molar-refractivity contribution in [1.82, 2.24) is 5.32 Å². The number of anilines is 1. The van der Waals surface area contributed by atoms with Gasteiger partial charge >= 0.3 is 0 Å². The highest BCUT2D eigenvalue weighted by atomic mass is 16.5. The van der Waals surface area contributed by atoms with Gasteiger partial charge in [0.1, 0.15) is 5.75 Å². The normalized spacial score (nSPS) is 23.9. The minimum Gasteiger partial charge on any atom is -0.496 e. The van der Waals surface area contributed by atoms with Gasteiger partial charge in [0.15, 0.2) is 0 Å².